The highest BCUT2D eigenvalue weighted by Crippen LogP contribution is 2.41. The van der Waals surface area contributed by atoms with Gasteiger partial charge >= 0.3 is 0 Å². The highest BCUT2D eigenvalue weighted by Gasteiger charge is 2.41. The molecule has 0 bridgehead atoms. The highest BCUT2D eigenvalue weighted by atomic mass is 79.9. The largest absolute Gasteiger partial charge is 0.506 e. The van der Waals surface area contributed by atoms with Crippen LogP contribution in [0.4, 0.5) is 5.69 Å². The quantitative estimate of drug-likeness (QED) is 0.415. The van der Waals surface area contributed by atoms with E-state index in [4.69, 9.17) is 4.99 Å². The van der Waals surface area contributed by atoms with Gasteiger partial charge in [0.15, 0.2) is 5.17 Å². The van der Waals surface area contributed by atoms with Crippen molar-refractivity contribution >= 4 is 66.5 Å². The van der Waals surface area contributed by atoms with Crippen LogP contribution in [0.15, 0.2) is 61.3 Å². The molecule has 4 rings (SSSR count). The summed E-state index contributed by atoms with van der Waals surface area (Å²) in [6.45, 7) is 2.23. The van der Waals surface area contributed by atoms with Gasteiger partial charge in [0.1, 0.15) is 5.75 Å². The Morgan fingerprint density at radius 3 is 2.47 bits per heavy atom. The van der Waals surface area contributed by atoms with Gasteiger partial charge in [-0.3, -0.25) is 9.69 Å². The Morgan fingerprint density at radius 1 is 1.13 bits per heavy atom. The lowest BCUT2D eigenvalue weighted by molar-refractivity contribution is -0.124. The number of phenols is 1. The molecular formula is C23H22Br2N2O2S. The maximum absolute atomic E-state index is 13.5. The van der Waals surface area contributed by atoms with Crippen molar-refractivity contribution in [1.29, 1.82) is 0 Å². The van der Waals surface area contributed by atoms with Gasteiger partial charge in [-0.15, -0.1) is 0 Å². The smallest absolute Gasteiger partial charge is 0.267 e. The van der Waals surface area contributed by atoms with E-state index in [0.29, 0.717) is 19.8 Å². The van der Waals surface area contributed by atoms with Gasteiger partial charge in [-0.05, 0) is 98.3 Å². The zero-order chi connectivity index (χ0) is 21.3. The molecule has 2 atom stereocenters. The number of hydrogen-bond donors (Lipinski definition) is 1. The molecule has 156 valence electrons. The molecule has 1 saturated carbocycles. The van der Waals surface area contributed by atoms with Crippen molar-refractivity contribution in [1.82, 2.24) is 4.90 Å². The molecule has 7 heteroatoms. The molecule has 0 unspecified atom stereocenters. The first-order chi connectivity index (χ1) is 14.4. The minimum absolute atomic E-state index is 0.00810. The Kier molecular flexibility index (Phi) is 6.70. The Bertz CT molecular complexity index is 1000. The van der Waals surface area contributed by atoms with Gasteiger partial charge in [0.05, 0.1) is 19.5 Å². The molecule has 4 nitrogen and oxygen atoms in total. The topological polar surface area (TPSA) is 52.9 Å². The first-order valence-corrected chi connectivity index (χ1v) is 12.4. The van der Waals surface area contributed by atoms with E-state index in [1.165, 1.54) is 18.2 Å². The van der Waals surface area contributed by atoms with Crippen LogP contribution in [0, 0.1) is 5.92 Å². The molecule has 0 aromatic heterocycles. The van der Waals surface area contributed by atoms with Crippen LogP contribution in [-0.2, 0) is 4.79 Å². The minimum Gasteiger partial charge on any atom is -0.506 e. The Balaban J connectivity index is 1.74. The van der Waals surface area contributed by atoms with E-state index in [1.807, 2.05) is 41.3 Å². The Labute approximate surface area is 197 Å². The number of halogens is 2. The molecule has 30 heavy (non-hydrogen) atoms. The number of benzene rings is 2. The molecule has 0 spiro atoms. The molecule has 1 amide bonds. The third-order valence-electron chi connectivity index (χ3n) is 5.55. The molecule has 1 N–H and O–H groups in total. The fourth-order valence-corrected chi connectivity index (χ4v) is 6.24. The molecule has 2 aromatic rings. The second kappa shape index (κ2) is 9.28. The van der Waals surface area contributed by atoms with E-state index in [-0.39, 0.29) is 17.7 Å². The molecule has 2 aromatic carbocycles. The number of nitrogens with zero attached hydrogens (tertiary/aromatic N) is 2. The third-order valence-corrected chi connectivity index (χ3v) is 7.74. The molecule has 1 aliphatic heterocycles. The number of carbonyl (C=O) groups is 1. The summed E-state index contributed by atoms with van der Waals surface area (Å²) < 4.78 is 1.16. The Hall–Kier alpha value is -1.57. The first-order valence-electron chi connectivity index (χ1n) is 9.99. The van der Waals surface area contributed by atoms with Gasteiger partial charge in [0.2, 0.25) is 0 Å². The number of rotatable bonds is 3. The summed E-state index contributed by atoms with van der Waals surface area (Å²) >= 11 is 8.15. The molecule has 1 saturated heterocycles. The predicted octanol–water partition coefficient (Wildman–Crippen LogP) is 7.10. The van der Waals surface area contributed by atoms with Crippen LogP contribution in [-0.4, -0.2) is 27.1 Å². The summed E-state index contributed by atoms with van der Waals surface area (Å²) in [6, 6.07) is 13.6. The molecule has 1 aliphatic carbocycles. The van der Waals surface area contributed by atoms with E-state index in [9.17, 15) is 9.90 Å². The number of thioether (sulfide) groups is 1. The lowest BCUT2D eigenvalue weighted by Crippen LogP contribution is -2.44. The molecular weight excluding hydrogens is 528 g/mol. The minimum atomic E-state index is 0.00810. The molecule has 1 heterocycles. The van der Waals surface area contributed by atoms with Crippen LogP contribution in [0.2, 0.25) is 0 Å². The number of aromatic hydroxyl groups is 1. The van der Waals surface area contributed by atoms with E-state index in [2.05, 4.69) is 38.8 Å². The van der Waals surface area contributed by atoms with Crippen molar-refractivity contribution in [2.24, 2.45) is 10.9 Å². The van der Waals surface area contributed by atoms with Gasteiger partial charge in [-0.2, -0.15) is 0 Å². The van der Waals surface area contributed by atoms with E-state index in [0.717, 1.165) is 35.7 Å². The fourth-order valence-electron chi connectivity index (χ4n) is 3.97. The van der Waals surface area contributed by atoms with Crippen molar-refractivity contribution in [2.45, 2.75) is 38.6 Å². The van der Waals surface area contributed by atoms with E-state index < -0.39 is 0 Å². The molecule has 0 radical (unpaired) electrons. The van der Waals surface area contributed by atoms with Gasteiger partial charge in [0, 0.05) is 6.04 Å². The average molecular weight is 550 g/mol. The molecule has 2 aliphatic rings. The van der Waals surface area contributed by atoms with Crippen LogP contribution in [0.5, 0.6) is 5.75 Å². The summed E-state index contributed by atoms with van der Waals surface area (Å²) in [7, 11) is 0. The number of para-hydroxylation sites is 1. The summed E-state index contributed by atoms with van der Waals surface area (Å²) in [5, 5.41) is 10.7. The van der Waals surface area contributed by atoms with Crippen molar-refractivity contribution in [3.05, 3.63) is 61.9 Å². The monoisotopic (exact) mass is 548 g/mol. The first kappa shape index (κ1) is 21.7. The van der Waals surface area contributed by atoms with Crippen LogP contribution in [0.3, 0.4) is 0 Å². The second-order valence-electron chi connectivity index (χ2n) is 7.68. The van der Waals surface area contributed by atoms with Gasteiger partial charge in [-0.25, -0.2) is 4.99 Å². The number of phenolic OH excluding ortho intramolecular Hbond substituents is 1. The molecule has 2 fully saturated rings. The SMILES string of the molecule is C[C@@H]1CCCC[C@@H]1N1C(=O)/C(=C/c2cc(Br)c(O)c(Br)c2)SC1=Nc1ccccc1. The number of aliphatic imine (C=N–C) groups is 1. The zero-order valence-electron chi connectivity index (χ0n) is 16.5. The van der Waals surface area contributed by atoms with Gasteiger partial charge < -0.3 is 5.11 Å². The third kappa shape index (κ3) is 4.53. The Morgan fingerprint density at radius 2 is 1.80 bits per heavy atom. The highest BCUT2D eigenvalue weighted by molar-refractivity contribution is 9.11. The lowest BCUT2D eigenvalue weighted by Gasteiger charge is -2.35. The number of amides is 1. The normalized spacial score (nSPS) is 24.8. The van der Waals surface area contributed by atoms with Gasteiger partial charge in [-0.1, -0.05) is 38.0 Å². The second-order valence-corrected chi connectivity index (χ2v) is 10.4. The number of amidine groups is 1. The maximum atomic E-state index is 13.5. The van der Waals surface area contributed by atoms with Crippen LogP contribution in [0.1, 0.15) is 38.2 Å². The van der Waals surface area contributed by atoms with E-state index in [1.54, 1.807) is 12.1 Å². The van der Waals surface area contributed by atoms with Crippen molar-refractivity contribution in [3.63, 3.8) is 0 Å². The summed E-state index contributed by atoms with van der Waals surface area (Å²) in [5.74, 6) is 0.598. The van der Waals surface area contributed by atoms with Crippen LogP contribution >= 0.6 is 43.6 Å². The van der Waals surface area contributed by atoms with Crippen molar-refractivity contribution in [2.75, 3.05) is 0 Å². The lowest BCUT2D eigenvalue weighted by atomic mass is 9.85. The van der Waals surface area contributed by atoms with Crippen LogP contribution in [0.25, 0.3) is 6.08 Å². The summed E-state index contributed by atoms with van der Waals surface area (Å²) in [4.78, 5) is 20.9. The van der Waals surface area contributed by atoms with Crippen molar-refractivity contribution in [3.8, 4) is 5.75 Å². The standard InChI is InChI=1S/C23H22Br2N2O2S/c1-14-7-5-6-10-19(14)27-22(29)20(13-15-11-17(24)21(28)18(25)12-15)30-23(27)26-16-8-3-2-4-9-16/h2-4,8-9,11-14,19,28H,5-7,10H2,1H3/b20-13-,26-23?/t14-,19+/m1/s1. The van der Waals surface area contributed by atoms with Gasteiger partial charge in [0.25, 0.3) is 5.91 Å². The number of carbonyl (C=O) groups excluding carboxylic acids is 1. The maximum Gasteiger partial charge on any atom is 0.267 e. The average Bonchev–Trinajstić information content (AvgIpc) is 3.02. The zero-order valence-corrected chi connectivity index (χ0v) is 20.5. The fraction of sp³-hybridized carbons (Fsp3) is 0.304. The summed E-state index contributed by atoms with van der Waals surface area (Å²) in [6.07, 6.45) is 6.37. The van der Waals surface area contributed by atoms with E-state index >= 15 is 0 Å². The number of hydrogen-bond acceptors (Lipinski definition) is 4. The van der Waals surface area contributed by atoms with Crippen molar-refractivity contribution < 1.29 is 9.90 Å². The summed E-state index contributed by atoms with van der Waals surface area (Å²) in [5.41, 5.74) is 1.68. The van der Waals surface area contributed by atoms with Crippen LogP contribution < -0.4 is 0 Å². The predicted molar refractivity (Wildman–Crippen MR) is 131 cm³/mol.